The summed E-state index contributed by atoms with van der Waals surface area (Å²) in [4.78, 5) is 21.2. The van der Waals surface area contributed by atoms with Crippen LogP contribution in [0.25, 0.3) is 21.9 Å². The van der Waals surface area contributed by atoms with E-state index < -0.39 is 0 Å². The molecule has 180 valence electrons. The Kier molecular flexibility index (Phi) is 5.08. The molecule has 1 spiro atoms. The fourth-order valence-electron chi connectivity index (χ4n) is 6.58. The minimum atomic E-state index is 0.297. The van der Waals surface area contributed by atoms with Crippen LogP contribution in [0.15, 0.2) is 43.0 Å². The lowest BCUT2D eigenvalue weighted by atomic mass is 9.94. The Morgan fingerprint density at radius 2 is 1.83 bits per heavy atom. The van der Waals surface area contributed by atoms with E-state index in [4.69, 9.17) is 9.97 Å². The van der Waals surface area contributed by atoms with Crippen LogP contribution in [-0.4, -0.2) is 49.7 Å². The number of aromatic nitrogens is 5. The highest BCUT2D eigenvalue weighted by Crippen LogP contribution is 2.38. The summed E-state index contributed by atoms with van der Waals surface area (Å²) >= 11 is 0. The van der Waals surface area contributed by atoms with Crippen LogP contribution in [0.2, 0.25) is 0 Å². The first-order valence-electron chi connectivity index (χ1n) is 13.1. The van der Waals surface area contributed by atoms with Gasteiger partial charge in [-0.05, 0) is 43.9 Å². The average Bonchev–Trinajstić information content (AvgIpc) is 3.64. The summed E-state index contributed by atoms with van der Waals surface area (Å²) in [6, 6.07) is 6.76. The molecule has 5 heterocycles. The molecular weight excluding hydrogens is 436 g/mol. The third kappa shape index (κ3) is 3.71. The monoisotopic (exact) mass is 468 g/mol. The quantitative estimate of drug-likeness (QED) is 0.438. The molecule has 8 heteroatoms. The van der Waals surface area contributed by atoms with E-state index >= 15 is 0 Å². The third-order valence-electron chi connectivity index (χ3n) is 8.33. The molecule has 0 atom stereocenters. The molecule has 3 fully saturated rings. The van der Waals surface area contributed by atoms with Crippen LogP contribution >= 0.6 is 0 Å². The fraction of sp³-hybridized carbons (Fsp3) is 0.481. The maximum absolute atomic E-state index is 4.97. The second-order valence-corrected chi connectivity index (χ2v) is 10.5. The summed E-state index contributed by atoms with van der Waals surface area (Å²) in [6.45, 7) is 3.14. The minimum absolute atomic E-state index is 0.297. The first-order chi connectivity index (χ1) is 17.3. The van der Waals surface area contributed by atoms with Crippen LogP contribution in [0, 0.1) is 0 Å². The standard InChI is InChI=1S/C27H32N8/c1-2-6-19(5-1)35-23-17-28-12-9-21(23)22-16-30-26(33-25(22)35)32-24-8-7-20(15-29-24)34-14-13-31-27(18-34)10-3-4-11-27/h7-9,12,15-17,19,31H,1-6,10-11,13-14,18H2,(H,29,30,32,33). The number of nitrogens with one attached hydrogen (secondary N) is 2. The van der Waals surface area contributed by atoms with Gasteiger partial charge in [0.05, 0.1) is 23.6 Å². The van der Waals surface area contributed by atoms with Gasteiger partial charge in [-0.25, -0.2) is 9.97 Å². The number of hydrogen-bond donors (Lipinski definition) is 2. The molecule has 0 bridgehead atoms. The van der Waals surface area contributed by atoms with E-state index in [0.717, 1.165) is 42.0 Å². The molecule has 0 amide bonds. The lowest BCUT2D eigenvalue weighted by molar-refractivity contribution is 0.304. The Morgan fingerprint density at radius 3 is 2.66 bits per heavy atom. The van der Waals surface area contributed by atoms with E-state index in [1.807, 2.05) is 30.9 Å². The van der Waals surface area contributed by atoms with Gasteiger partial charge in [-0.2, -0.15) is 4.98 Å². The van der Waals surface area contributed by atoms with E-state index in [9.17, 15) is 0 Å². The van der Waals surface area contributed by atoms with Crippen molar-refractivity contribution in [2.24, 2.45) is 0 Å². The predicted octanol–water partition coefficient (Wildman–Crippen LogP) is 4.96. The van der Waals surface area contributed by atoms with E-state index in [0.29, 0.717) is 17.5 Å². The summed E-state index contributed by atoms with van der Waals surface area (Å²) in [6.07, 6.45) is 17.9. The number of anilines is 3. The van der Waals surface area contributed by atoms with Gasteiger partial charge in [0.15, 0.2) is 0 Å². The molecule has 0 aromatic carbocycles. The van der Waals surface area contributed by atoms with Gasteiger partial charge in [-0.15, -0.1) is 0 Å². The molecule has 4 aromatic heterocycles. The zero-order valence-corrected chi connectivity index (χ0v) is 20.1. The fourth-order valence-corrected chi connectivity index (χ4v) is 6.58. The number of piperazine rings is 1. The smallest absolute Gasteiger partial charge is 0.230 e. The lowest BCUT2D eigenvalue weighted by Gasteiger charge is -2.42. The van der Waals surface area contributed by atoms with Gasteiger partial charge in [-0.1, -0.05) is 25.7 Å². The summed E-state index contributed by atoms with van der Waals surface area (Å²) in [5.74, 6) is 1.35. The number of hydrogen-bond acceptors (Lipinski definition) is 7. The first kappa shape index (κ1) is 21.1. The normalized spacial score (nSPS) is 20.4. The number of rotatable bonds is 4. The van der Waals surface area contributed by atoms with Gasteiger partial charge < -0.3 is 20.1 Å². The zero-order valence-electron chi connectivity index (χ0n) is 20.1. The van der Waals surface area contributed by atoms with Crippen LogP contribution in [0.3, 0.4) is 0 Å². The van der Waals surface area contributed by atoms with E-state index in [-0.39, 0.29) is 0 Å². The lowest BCUT2D eigenvalue weighted by Crippen LogP contribution is -2.59. The van der Waals surface area contributed by atoms with Crippen LogP contribution in [0.1, 0.15) is 57.4 Å². The van der Waals surface area contributed by atoms with Crippen molar-refractivity contribution in [1.82, 2.24) is 29.8 Å². The average molecular weight is 469 g/mol. The topological polar surface area (TPSA) is 83.8 Å². The molecule has 2 saturated carbocycles. The predicted molar refractivity (Wildman–Crippen MR) is 139 cm³/mol. The van der Waals surface area contributed by atoms with Crippen molar-refractivity contribution in [2.45, 2.75) is 62.9 Å². The van der Waals surface area contributed by atoms with Crippen molar-refractivity contribution in [1.29, 1.82) is 0 Å². The second-order valence-electron chi connectivity index (χ2n) is 10.5. The van der Waals surface area contributed by atoms with Gasteiger partial charge in [0, 0.05) is 54.4 Å². The van der Waals surface area contributed by atoms with Crippen LogP contribution in [-0.2, 0) is 0 Å². The van der Waals surface area contributed by atoms with Crippen molar-refractivity contribution in [2.75, 3.05) is 29.9 Å². The van der Waals surface area contributed by atoms with E-state index in [1.165, 1.54) is 62.4 Å². The molecule has 4 aromatic rings. The van der Waals surface area contributed by atoms with Crippen LogP contribution in [0.5, 0.6) is 0 Å². The van der Waals surface area contributed by atoms with Crippen molar-refractivity contribution in [3.8, 4) is 0 Å². The molecular formula is C27H32N8. The van der Waals surface area contributed by atoms with Crippen LogP contribution < -0.4 is 15.5 Å². The number of nitrogens with zero attached hydrogens (tertiary/aromatic N) is 6. The van der Waals surface area contributed by atoms with Crippen molar-refractivity contribution in [3.63, 3.8) is 0 Å². The summed E-state index contributed by atoms with van der Waals surface area (Å²) < 4.78 is 2.39. The van der Waals surface area contributed by atoms with E-state index in [2.05, 4.69) is 42.2 Å². The molecule has 8 nitrogen and oxygen atoms in total. The SMILES string of the molecule is c1cc2c3cnc(Nc4ccc(N5CCNC6(CCCC6)C5)cn4)nc3n(C3CCCC3)c2cn1. The molecule has 3 aliphatic rings. The van der Waals surface area contributed by atoms with Crippen LogP contribution in [0.4, 0.5) is 17.5 Å². The van der Waals surface area contributed by atoms with Gasteiger partial charge in [0.2, 0.25) is 5.95 Å². The third-order valence-corrected chi connectivity index (χ3v) is 8.33. The molecule has 1 saturated heterocycles. The van der Waals surface area contributed by atoms with Gasteiger partial charge in [-0.3, -0.25) is 4.98 Å². The van der Waals surface area contributed by atoms with Crippen molar-refractivity contribution < 1.29 is 0 Å². The molecule has 1 aliphatic heterocycles. The second kappa shape index (κ2) is 8.45. The Labute approximate surface area is 205 Å². The maximum Gasteiger partial charge on any atom is 0.230 e. The van der Waals surface area contributed by atoms with Crippen molar-refractivity contribution >= 4 is 39.4 Å². The molecule has 0 radical (unpaired) electrons. The Morgan fingerprint density at radius 1 is 0.943 bits per heavy atom. The Balaban J connectivity index is 1.16. The van der Waals surface area contributed by atoms with Gasteiger partial charge >= 0.3 is 0 Å². The largest absolute Gasteiger partial charge is 0.367 e. The zero-order chi connectivity index (χ0) is 23.2. The molecule has 0 unspecified atom stereocenters. The van der Waals surface area contributed by atoms with E-state index in [1.54, 1.807) is 0 Å². The minimum Gasteiger partial charge on any atom is -0.367 e. The number of fused-ring (bicyclic) bond motifs is 3. The summed E-state index contributed by atoms with van der Waals surface area (Å²) in [5.41, 5.74) is 3.62. The Hall–Kier alpha value is -3.26. The molecule has 2 aliphatic carbocycles. The highest BCUT2D eigenvalue weighted by atomic mass is 15.2. The number of pyridine rings is 2. The molecule has 2 N–H and O–H groups in total. The maximum atomic E-state index is 4.97. The van der Waals surface area contributed by atoms with Crippen molar-refractivity contribution in [3.05, 3.63) is 43.0 Å². The van der Waals surface area contributed by atoms with Gasteiger partial charge in [0.25, 0.3) is 0 Å². The summed E-state index contributed by atoms with van der Waals surface area (Å²) in [5, 5.41) is 9.39. The molecule has 35 heavy (non-hydrogen) atoms. The first-order valence-corrected chi connectivity index (χ1v) is 13.1. The molecule has 7 rings (SSSR count). The Bertz CT molecular complexity index is 1350. The summed E-state index contributed by atoms with van der Waals surface area (Å²) in [7, 11) is 0. The highest BCUT2D eigenvalue weighted by molar-refractivity contribution is 6.06. The highest BCUT2D eigenvalue weighted by Gasteiger charge is 2.37. The van der Waals surface area contributed by atoms with Gasteiger partial charge in [0.1, 0.15) is 11.5 Å².